The van der Waals surface area contributed by atoms with E-state index in [1.54, 1.807) is 0 Å². The molecule has 0 aromatic rings. The first kappa shape index (κ1) is 37.9. The Kier molecular flexibility index (Phi) is 10.3. The summed E-state index contributed by atoms with van der Waals surface area (Å²) in [5.41, 5.74) is -1.13. The van der Waals surface area contributed by atoms with Crippen LogP contribution in [0.3, 0.4) is 0 Å². The summed E-state index contributed by atoms with van der Waals surface area (Å²) in [6.07, 6.45) is -1.22. The van der Waals surface area contributed by atoms with Crippen molar-refractivity contribution < 1.29 is 58.5 Å². The number of aliphatic hydroxyl groups excluding tert-OH is 4. The van der Waals surface area contributed by atoms with E-state index in [-0.39, 0.29) is 76.0 Å². The van der Waals surface area contributed by atoms with Gasteiger partial charge in [0.25, 0.3) is 0 Å². The quantitative estimate of drug-likeness (QED) is 0.165. The third kappa shape index (κ3) is 6.01. The first-order valence-electron chi connectivity index (χ1n) is 18.9. The van der Waals surface area contributed by atoms with Crippen LogP contribution in [0.2, 0.25) is 0 Å². The van der Waals surface area contributed by atoms with Crippen LogP contribution in [0.5, 0.6) is 0 Å². The van der Waals surface area contributed by atoms with Gasteiger partial charge in [0.15, 0.2) is 6.29 Å². The molecule has 6 fully saturated rings. The van der Waals surface area contributed by atoms with Crippen LogP contribution in [0.25, 0.3) is 0 Å². The molecule has 0 bridgehead atoms. The van der Waals surface area contributed by atoms with Crippen LogP contribution >= 0.6 is 0 Å². The number of fused-ring (bicyclic) bond motifs is 4. The van der Waals surface area contributed by atoms with Crippen LogP contribution in [0.15, 0.2) is 0 Å². The molecule has 6 aliphatic rings. The van der Waals surface area contributed by atoms with Crippen molar-refractivity contribution in [3.8, 4) is 0 Å². The number of carbonyl (C=O) groups excluding carboxylic acids is 3. The minimum Gasteiger partial charge on any atom is -0.465 e. The topological polar surface area (TPSA) is 178 Å². The highest BCUT2D eigenvalue weighted by atomic mass is 16.7. The Bertz CT molecular complexity index is 1300. The van der Waals surface area contributed by atoms with Crippen molar-refractivity contribution in [2.24, 2.45) is 51.2 Å². The maximum Gasteiger partial charge on any atom is 0.309 e. The number of esters is 3. The van der Waals surface area contributed by atoms with E-state index in [4.69, 9.17) is 23.7 Å². The molecule has 16 atom stereocenters. The number of hydrogen-bond acceptors (Lipinski definition) is 12. The summed E-state index contributed by atoms with van der Waals surface area (Å²) in [7, 11) is 0. The number of carbonyl (C=O) groups is 3. The van der Waals surface area contributed by atoms with E-state index in [1.807, 2.05) is 6.92 Å². The number of aliphatic hydroxyl groups is 4. The maximum atomic E-state index is 13.1. The van der Waals surface area contributed by atoms with Gasteiger partial charge in [-0.05, 0) is 84.9 Å². The molecule has 3 saturated heterocycles. The molecular weight excluding hydrogens is 648 g/mol. The normalized spacial score (nSPS) is 48.3. The third-order valence-corrected chi connectivity index (χ3v) is 15.0. The fraction of sp³-hybridized carbons (Fsp3) is 0.921. The summed E-state index contributed by atoms with van der Waals surface area (Å²) in [5, 5.41) is 41.2. The van der Waals surface area contributed by atoms with Crippen LogP contribution in [-0.2, 0) is 38.1 Å². The van der Waals surface area contributed by atoms with Gasteiger partial charge in [-0.3, -0.25) is 14.4 Å². The molecule has 0 amide bonds. The van der Waals surface area contributed by atoms with E-state index in [0.717, 1.165) is 32.1 Å². The molecule has 0 radical (unpaired) electrons. The largest absolute Gasteiger partial charge is 0.465 e. The minimum absolute atomic E-state index is 0.0492. The lowest BCUT2D eigenvalue weighted by Crippen LogP contribution is -2.67. The van der Waals surface area contributed by atoms with Crippen molar-refractivity contribution in [3.05, 3.63) is 0 Å². The van der Waals surface area contributed by atoms with E-state index < -0.39 is 48.8 Å². The molecule has 3 unspecified atom stereocenters. The van der Waals surface area contributed by atoms with Crippen LogP contribution in [0.4, 0.5) is 0 Å². The van der Waals surface area contributed by atoms with Crippen LogP contribution in [0.1, 0.15) is 106 Å². The molecule has 6 rings (SSSR count). The van der Waals surface area contributed by atoms with Crippen molar-refractivity contribution in [2.45, 2.75) is 155 Å². The number of cyclic esters (lactones) is 2. The van der Waals surface area contributed by atoms with Gasteiger partial charge in [0.05, 0.1) is 31.7 Å². The zero-order valence-electron chi connectivity index (χ0n) is 30.8. The van der Waals surface area contributed by atoms with Gasteiger partial charge in [0, 0.05) is 18.8 Å². The molecule has 3 saturated carbocycles. The highest BCUT2D eigenvalue weighted by molar-refractivity contribution is 5.74. The Labute approximate surface area is 295 Å². The molecule has 4 N–H and O–H groups in total. The van der Waals surface area contributed by atoms with E-state index in [1.165, 1.54) is 6.92 Å². The van der Waals surface area contributed by atoms with E-state index in [2.05, 4.69) is 34.6 Å². The Morgan fingerprint density at radius 3 is 2.30 bits per heavy atom. The zero-order chi connectivity index (χ0) is 36.6. The van der Waals surface area contributed by atoms with Crippen LogP contribution in [0, 0.1) is 51.2 Å². The average molecular weight is 709 g/mol. The van der Waals surface area contributed by atoms with Gasteiger partial charge >= 0.3 is 17.9 Å². The second kappa shape index (κ2) is 13.5. The lowest BCUT2D eigenvalue weighted by molar-refractivity contribution is -0.331. The minimum atomic E-state index is -1.50. The lowest BCUT2D eigenvalue weighted by Gasteiger charge is -2.70. The molecule has 0 aromatic heterocycles. The highest BCUT2D eigenvalue weighted by Gasteiger charge is 2.71. The number of ether oxygens (including phenoxy) is 5. The average Bonchev–Trinajstić information content (AvgIpc) is 3.59. The molecule has 50 heavy (non-hydrogen) atoms. The predicted molar refractivity (Wildman–Crippen MR) is 178 cm³/mol. The highest BCUT2D eigenvalue weighted by Crippen LogP contribution is 2.74. The SMILES string of the molecule is CC(=O)O[C@@H](C[C@@H]1C[C@@H](C)C(=O)O1)[C@H](C)C1CCC2[C@@]3(C)CC[C@H](O[C@@H]4O[C@H](CO)[C@@H](O)[C@H](O)[C@H]4O)C(C)(C)C3CC[C@@]2(C)[C@@]12COC(=O)C2. The molecule has 3 aliphatic heterocycles. The number of hydrogen-bond donors (Lipinski definition) is 4. The maximum absolute atomic E-state index is 13.1. The Hall–Kier alpha value is -1.83. The van der Waals surface area contributed by atoms with Crippen molar-refractivity contribution in [1.29, 1.82) is 0 Å². The lowest BCUT2D eigenvalue weighted by atomic mass is 9.34. The fourth-order valence-electron chi connectivity index (χ4n) is 12.4. The van der Waals surface area contributed by atoms with Crippen molar-refractivity contribution in [3.63, 3.8) is 0 Å². The molecule has 12 heteroatoms. The monoisotopic (exact) mass is 708 g/mol. The third-order valence-electron chi connectivity index (χ3n) is 15.0. The molecule has 284 valence electrons. The Morgan fingerprint density at radius 2 is 1.70 bits per heavy atom. The fourth-order valence-corrected chi connectivity index (χ4v) is 12.4. The molecule has 3 heterocycles. The van der Waals surface area contributed by atoms with E-state index in [0.29, 0.717) is 32.3 Å². The molecule has 1 spiro atoms. The standard InChI is InChI=1S/C38H60O12/c1-19-14-22(48-33(19)45)15-24(47-21(3)40)20(2)23-8-9-27-36(6)12-11-28(50-34-32(44)31(43)30(42)25(17-39)49-34)35(4,5)26(36)10-13-37(27,7)38(23)16-29(41)46-18-38/h19-20,22-28,30-32,34,39,42-44H,8-18H2,1-7H3/t19-,20-,22+,23?,24+,25-,26?,27?,28+,30-,31+,32-,34+,36+,37-,38+/m1/s1. The van der Waals surface area contributed by atoms with Gasteiger partial charge in [-0.25, -0.2) is 0 Å². The molecule has 12 nitrogen and oxygen atoms in total. The summed E-state index contributed by atoms with van der Waals surface area (Å²) in [6.45, 7) is 14.4. The van der Waals surface area contributed by atoms with E-state index in [9.17, 15) is 34.8 Å². The predicted octanol–water partition coefficient (Wildman–Crippen LogP) is 3.28. The summed E-state index contributed by atoms with van der Waals surface area (Å²) in [6, 6.07) is 0. The van der Waals surface area contributed by atoms with Crippen molar-refractivity contribution in [1.82, 2.24) is 0 Å². The number of rotatable bonds is 8. The van der Waals surface area contributed by atoms with Gasteiger partial charge in [0.1, 0.15) is 36.6 Å². The second-order valence-corrected chi connectivity index (χ2v) is 17.9. The molecule has 3 aliphatic carbocycles. The van der Waals surface area contributed by atoms with Gasteiger partial charge < -0.3 is 44.1 Å². The van der Waals surface area contributed by atoms with Gasteiger partial charge in [-0.1, -0.05) is 41.5 Å². The van der Waals surface area contributed by atoms with E-state index >= 15 is 0 Å². The molecule has 0 aromatic carbocycles. The Morgan fingerprint density at radius 1 is 0.980 bits per heavy atom. The van der Waals surface area contributed by atoms with Crippen molar-refractivity contribution >= 4 is 17.9 Å². The first-order valence-corrected chi connectivity index (χ1v) is 18.9. The smallest absolute Gasteiger partial charge is 0.309 e. The Balaban J connectivity index is 1.26. The molecular formula is C38H60O12. The van der Waals surface area contributed by atoms with Crippen LogP contribution < -0.4 is 0 Å². The van der Waals surface area contributed by atoms with Crippen molar-refractivity contribution in [2.75, 3.05) is 13.2 Å². The summed E-state index contributed by atoms with van der Waals surface area (Å²) in [5.74, 6) is -0.478. The van der Waals surface area contributed by atoms with Gasteiger partial charge in [-0.2, -0.15) is 0 Å². The van der Waals surface area contributed by atoms with Gasteiger partial charge in [-0.15, -0.1) is 0 Å². The zero-order valence-corrected chi connectivity index (χ0v) is 30.8. The summed E-state index contributed by atoms with van der Waals surface area (Å²) >= 11 is 0. The van der Waals surface area contributed by atoms with Gasteiger partial charge in [0.2, 0.25) is 0 Å². The second-order valence-electron chi connectivity index (χ2n) is 17.9. The summed E-state index contributed by atoms with van der Waals surface area (Å²) in [4.78, 5) is 37.8. The van der Waals surface area contributed by atoms with Crippen LogP contribution in [-0.4, -0.2) is 101 Å². The summed E-state index contributed by atoms with van der Waals surface area (Å²) < 4.78 is 29.8. The first-order chi connectivity index (χ1) is 23.4.